The van der Waals surface area contributed by atoms with Gasteiger partial charge in [0.15, 0.2) is 0 Å². The third-order valence-corrected chi connectivity index (χ3v) is 6.55. The number of hydrogen-bond donors (Lipinski definition) is 2. The van der Waals surface area contributed by atoms with E-state index in [2.05, 4.69) is 18.1 Å². The van der Waals surface area contributed by atoms with Crippen LogP contribution >= 0.6 is 0 Å². The fourth-order valence-corrected chi connectivity index (χ4v) is 4.92. The van der Waals surface area contributed by atoms with Crippen LogP contribution in [0, 0.1) is 5.82 Å². The predicted octanol–water partition coefficient (Wildman–Crippen LogP) is 6.94. The highest BCUT2D eigenvalue weighted by Crippen LogP contribution is 2.44. The van der Waals surface area contributed by atoms with Crippen LogP contribution < -0.4 is 0 Å². The minimum Gasteiger partial charge on any atom is -0.507 e. The van der Waals surface area contributed by atoms with Crippen molar-refractivity contribution >= 4 is 0 Å². The lowest BCUT2D eigenvalue weighted by Crippen LogP contribution is -2.34. The summed E-state index contributed by atoms with van der Waals surface area (Å²) in [6, 6.07) is 15.7. The average Bonchev–Trinajstić information content (AvgIpc) is 2.84. The van der Waals surface area contributed by atoms with Crippen LogP contribution in [0.5, 0.6) is 11.5 Å². The Kier molecular flexibility index (Phi) is 7.49. The summed E-state index contributed by atoms with van der Waals surface area (Å²) in [6.45, 7) is 9.52. The van der Waals surface area contributed by atoms with Gasteiger partial charge in [-0.1, -0.05) is 36.8 Å². The van der Waals surface area contributed by atoms with Crippen LogP contribution in [0.15, 0.2) is 79.9 Å². The molecule has 4 heteroatoms. The van der Waals surface area contributed by atoms with E-state index >= 15 is 0 Å². The zero-order valence-corrected chi connectivity index (χ0v) is 19.5. The van der Waals surface area contributed by atoms with E-state index in [1.807, 2.05) is 36.4 Å². The van der Waals surface area contributed by atoms with E-state index in [4.69, 9.17) is 0 Å². The van der Waals surface area contributed by atoms with Crippen molar-refractivity contribution in [2.75, 3.05) is 13.1 Å². The molecule has 1 fully saturated rings. The normalized spacial score (nSPS) is 15.1. The number of rotatable bonds is 8. The van der Waals surface area contributed by atoms with Crippen LogP contribution in [0.4, 0.5) is 4.39 Å². The van der Waals surface area contributed by atoms with Crippen molar-refractivity contribution in [2.45, 2.75) is 38.1 Å². The first-order valence-corrected chi connectivity index (χ1v) is 11.9. The Balaban J connectivity index is 1.92. The molecule has 0 aliphatic carbocycles. The van der Waals surface area contributed by atoms with Crippen molar-refractivity contribution in [3.05, 3.63) is 108 Å². The molecule has 1 saturated heterocycles. The highest BCUT2D eigenvalue weighted by atomic mass is 19.1. The predicted molar refractivity (Wildman–Crippen MR) is 137 cm³/mol. The molecule has 2 N–H and O–H groups in total. The van der Waals surface area contributed by atoms with Gasteiger partial charge < -0.3 is 10.2 Å². The molecule has 1 aliphatic rings. The molecule has 0 radical (unpaired) electrons. The number of halogens is 1. The summed E-state index contributed by atoms with van der Waals surface area (Å²) in [6.07, 6.45) is 8.30. The molecule has 3 aromatic carbocycles. The van der Waals surface area contributed by atoms with E-state index in [9.17, 15) is 14.6 Å². The number of phenols is 2. The van der Waals surface area contributed by atoms with Gasteiger partial charge in [0, 0.05) is 16.7 Å². The standard InChI is InChI=1S/C30H32FNO2/c1-3-8-21-10-15-28(33)25(18-21)26-19-22(9-4-2)20-27(30(26)34)29(32-16-6-5-7-17-32)23-11-13-24(31)14-12-23/h3-4,10-15,18-20,29,33-34H,1-2,5-9,16-17H2. The highest BCUT2D eigenvalue weighted by Gasteiger charge is 2.28. The highest BCUT2D eigenvalue weighted by molar-refractivity contribution is 5.78. The zero-order chi connectivity index (χ0) is 24.1. The summed E-state index contributed by atoms with van der Waals surface area (Å²) in [5.74, 6) is -0.0321. The first-order valence-electron chi connectivity index (χ1n) is 11.9. The Morgan fingerprint density at radius 3 is 2.15 bits per heavy atom. The first-order chi connectivity index (χ1) is 16.5. The maximum atomic E-state index is 13.8. The summed E-state index contributed by atoms with van der Waals surface area (Å²) in [5.41, 5.74) is 4.86. The molecule has 4 rings (SSSR count). The molecule has 176 valence electrons. The molecule has 0 saturated carbocycles. The molecular weight excluding hydrogens is 425 g/mol. The number of allylic oxidation sites excluding steroid dienone is 2. The van der Waals surface area contributed by atoms with Crippen LogP contribution in [-0.2, 0) is 12.8 Å². The van der Waals surface area contributed by atoms with Gasteiger partial charge in [0.25, 0.3) is 0 Å². The molecule has 3 aromatic rings. The first kappa shape index (κ1) is 23.8. The third-order valence-electron chi connectivity index (χ3n) is 6.55. The molecule has 0 amide bonds. The Labute approximate surface area is 201 Å². The van der Waals surface area contributed by atoms with Gasteiger partial charge in [-0.3, -0.25) is 4.90 Å². The third kappa shape index (κ3) is 5.07. The van der Waals surface area contributed by atoms with Crippen molar-refractivity contribution in [1.82, 2.24) is 4.90 Å². The summed E-state index contributed by atoms with van der Waals surface area (Å²) in [4.78, 5) is 2.36. The van der Waals surface area contributed by atoms with Crippen LogP contribution in [0.25, 0.3) is 11.1 Å². The van der Waals surface area contributed by atoms with Crippen molar-refractivity contribution in [1.29, 1.82) is 0 Å². The molecule has 3 nitrogen and oxygen atoms in total. The summed E-state index contributed by atoms with van der Waals surface area (Å²) in [5, 5.41) is 22.4. The second-order valence-electron chi connectivity index (χ2n) is 8.97. The van der Waals surface area contributed by atoms with Crippen LogP contribution in [0.2, 0.25) is 0 Å². The molecule has 0 bridgehead atoms. The van der Waals surface area contributed by atoms with Gasteiger partial charge in [0.1, 0.15) is 17.3 Å². The summed E-state index contributed by atoms with van der Waals surface area (Å²) in [7, 11) is 0. The molecule has 1 heterocycles. The summed E-state index contributed by atoms with van der Waals surface area (Å²) < 4.78 is 13.8. The Hall–Kier alpha value is -3.37. The van der Waals surface area contributed by atoms with Crippen LogP contribution in [0.1, 0.15) is 47.6 Å². The average molecular weight is 458 g/mol. The quantitative estimate of drug-likeness (QED) is 0.360. The van der Waals surface area contributed by atoms with Gasteiger partial charge in [0.05, 0.1) is 6.04 Å². The number of hydrogen-bond acceptors (Lipinski definition) is 3. The van der Waals surface area contributed by atoms with Gasteiger partial charge in [-0.05, 0) is 91.9 Å². The van der Waals surface area contributed by atoms with Crippen molar-refractivity contribution < 1.29 is 14.6 Å². The van der Waals surface area contributed by atoms with E-state index in [0.717, 1.165) is 48.2 Å². The fraction of sp³-hybridized carbons (Fsp3) is 0.267. The maximum absolute atomic E-state index is 13.8. The molecular formula is C30H32FNO2. The van der Waals surface area contributed by atoms with Gasteiger partial charge >= 0.3 is 0 Å². The largest absolute Gasteiger partial charge is 0.507 e. The number of likely N-dealkylation sites (tertiary alicyclic amines) is 1. The monoisotopic (exact) mass is 457 g/mol. The minimum atomic E-state index is -0.282. The van der Waals surface area contributed by atoms with Gasteiger partial charge in [0.2, 0.25) is 0 Å². The fourth-order valence-electron chi connectivity index (χ4n) is 4.92. The number of aromatic hydroxyl groups is 2. The molecule has 0 aromatic heterocycles. The van der Waals surface area contributed by atoms with E-state index in [1.54, 1.807) is 18.2 Å². The van der Waals surface area contributed by atoms with Gasteiger partial charge in [-0.2, -0.15) is 0 Å². The van der Waals surface area contributed by atoms with E-state index in [1.165, 1.54) is 18.6 Å². The second-order valence-corrected chi connectivity index (χ2v) is 8.97. The summed E-state index contributed by atoms with van der Waals surface area (Å²) >= 11 is 0. The molecule has 1 aliphatic heterocycles. The van der Waals surface area contributed by atoms with Gasteiger partial charge in [-0.25, -0.2) is 4.39 Å². The zero-order valence-electron chi connectivity index (χ0n) is 19.5. The van der Waals surface area contributed by atoms with E-state index in [-0.39, 0.29) is 23.4 Å². The van der Waals surface area contributed by atoms with Crippen LogP contribution in [-0.4, -0.2) is 28.2 Å². The van der Waals surface area contributed by atoms with E-state index in [0.29, 0.717) is 24.0 Å². The lowest BCUT2D eigenvalue weighted by Gasteiger charge is -2.36. The topological polar surface area (TPSA) is 43.7 Å². The lowest BCUT2D eigenvalue weighted by molar-refractivity contribution is 0.185. The molecule has 34 heavy (non-hydrogen) atoms. The number of phenolic OH excluding ortho intramolecular Hbond substituents is 2. The van der Waals surface area contributed by atoms with E-state index < -0.39 is 0 Å². The molecule has 1 atom stereocenters. The van der Waals surface area contributed by atoms with Crippen LogP contribution in [0.3, 0.4) is 0 Å². The van der Waals surface area contributed by atoms with Crippen molar-refractivity contribution in [3.8, 4) is 22.6 Å². The number of piperidine rings is 1. The molecule has 0 spiro atoms. The smallest absolute Gasteiger partial charge is 0.128 e. The molecule has 1 unspecified atom stereocenters. The minimum absolute atomic E-state index is 0.112. The Morgan fingerprint density at radius 2 is 1.47 bits per heavy atom. The van der Waals surface area contributed by atoms with Crippen molar-refractivity contribution in [2.24, 2.45) is 0 Å². The Morgan fingerprint density at radius 1 is 0.824 bits per heavy atom. The second kappa shape index (κ2) is 10.7. The van der Waals surface area contributed by atoms with Gasteiger partial charge in [-0.15, -0.1) is 13.2 Å². The van der Waals surface area contributed by atoms with Crippen molar-refractivity contribution in [3.63, 3.8) is 0 Å². The lowest BCUT2D eigenvalue weighted by atomic mass is 9.88. The SMILES string of the molecule is C=CCc1ccc(O)c(-c2cc(CC=C)cc(C(c3ccc(F)cc3)N3CCCCC3)c2O)c1. The number of benzene rings is 3. The Bertz CT molecular complexity index is 1160. The number of nitrogens with zero attached hydrogens (tertiary/aromatic N) is 1. The maximum Gasteiger partial charge on any atom is 0.128 e.